The molecule has 0 saturated heterocycles. The number of allylic oxidation sites excluding steroid dienone is 1. The van der Waals surface area contributed by atoms with Crippen molar-refractivity contribution < 1.29 is 28.6 Å². The highest BCUT2D eigenvalue weighted by Gasteiger charge is 2.59. The summed E-state index contributed by atoms with van der Waals surface area (Å²) in [4.78, 5) is 37.7. The van der Waals surface area contributed by atoms with E-state index in [1.165, 1.54) is 38.7 Å². The zero-order chi connectivity index (χ0) is 32.4. The van der Waals surface area contributed by atoms with Crippen molar-refractivity contribution in [3.63, 3.8) is 0 Å². The molecule has 2 amide bonds. The Morgan fingerprint density at radius 2 is 1.76 bits per heavy atom. The maximum absolute atomic E-state index is 12.6. The number of fused-ring (bicyclic) bond motifs is 5. The molecular weight excluding hydrogens is 570 g/mol. The highest BCUT2D eigenvalue weighted by molar-refractivity contribution is 6.01. The van der Waals surface area contributed by atoms with Gasteiger partial charge in [0, 0.05) is 25.4 Å². The number of Topliss-reactive ketones (excluding diaryl/α,β-unsaturated/α-hetero) is 1. The van der Waals surface area contributed by atoms with E-state index in [1.54, 1.807) is 25.1 Å². The van der Waals surface area contributed by atoms with Gasteiger partial charge in [0.2, 0.25) is 0 Å². The number of alkyl carbamates (subject to hydrolysis) is 1. The molecule has 1 aromatic rings. The van der Waals surface area contributed by atoms with Gasteiger partial charge in [-0.05, 0) is 104 Å². The van der Waals surface area contributed by atoms with Gasteiger partial charge in [-0.25, -0.2) is 4.79 Å². The second kappa shape index (κ2) is 13.3. The standard InChI is InChI=1S/C36H47N3O6/c1-22(40)28-9-10-29-27-8-7-25-20-26(12-14-35(25,2)30(27)13-15-36(28,29)3)45-34(42)39-17-16-38-33(41)24(21-37)18-23-6-11-31(43-4)32(19-23)44-5/h6-7,11,18-19,26-30H,8-10,12-17,20H2,1-5H3,(H,38,41)(H,39,42)/b24-18+/t26-,27-,28+,29-,30-,35-,36+/m0/s1. The Labute approximate surface area is 266 Å². The van der Waals surface area contributed by atoms with Gasteiger partial charge in [-0.1, -0.05) is 31.6 Å². The fraction of sp³-hybridized carbons (Fsp3) is 0.611. The zero-order valence-electron chi connectivity index (χ0n) is 27.2. The predicted octanol–water partition coefficient (Wildman–Crippen LogP) is 5.99. The smallest absolute Gasteiger partial charge is 0.407 e. The van der Waals surface area contributed by atoms with Crippen molar-refractivity contribution in [1.29, 1.82) is 5.26 Å². The van der Waals surface area contributed by atoms with Crippen LogP contribution in [0.1, 0.15) is 77.7 Å². The highest BCUT2D eigenvalue weighted by Crippen LogP contribution is 2.66. The maximum atomic E-state index is 12.6. The molecule has 0 aliphatic heterocycles. The molecule has 2 N–H and O–H groups in total. The van der Waals surface area contributed by atoms with Gasteiger partial charge in [0.25, 0.3) is 5.91 Å². The molecule has 5 rings (SSSR count). The van der Waals surface area contributed by atoms with Crippen molar-refractivity contribution >= 4 is 23.9 Å². The number of nitrogens with zero attached hydrogens (tertiary/aromatic N) is 1. The lowest BCUT2D eigenvalue weighted by atomic mass is 9.47. The van der Waals surface area contributed by atoms with Crippen molar-refractivity contribution in [1.82, 2.24) is 10.6 Å². The Balaban J connectivity index is 1.09. The van der Waals surface area contributed by atoms with Crippen LogP contribution in [-0.2, 0) is 14.3 Å². The van der Waals surface area contributed by atoms with E-state index in [9.17, 15) is 19.6 Å². The van der Waals surface area contributed by atoms with Crippen LogP contribution in [0, 0.1) is 45.8 Å². The Kier molecular flexibility index (Phi) is 9.62. The van der Waals surface area contributed by atoms with E-state index in [1.807, 2.05) is 6.07 Å². The molecule has 9 heteroatoms. The molecule has 0 spiro atoms. The van der Waals surface area contributed by atoms with Gasteiger partial charge in [0.05, 0.1) is 14.2 Å². The van der Waals surface area contributed by atoms with E-state index < -0.39 is 12.0 Å². The summed E-state index contributed by atoms with van der Waals surface area (Å²) in [5, 5.41) is 14.9. The number of hydrogen-bond donors (Lipinski definition) is 2. The van der Waals surface area contributed by atoms with Crippen LogP contribution < -0.4 is 20.1 Å². The summed E-state index contributed by atoms with van der Waals surface area (Å²) in [5.74, 6) is 2.96. The molecule has 0 unspecified atom stereocenters. The van der Waals surface area contributed by atoms with Crippen LogP contribution >= 0.6 is 0 Å². The molecule has 3 fully saturated rings. The van der Waals surface area contributed by atoms with Gasteiger partial charge in [0.1, 0.15) is 23.5 Å². The molecule has 242 valence electrons. The number of carbonyl (C=O) groups excluding carboxylic acids is 3. The van der Waals surface area contributed by atoms with Gasteiger partial charge in [0.15, 0.2) is 11.5 Å². The normalized spacial score (nSPS) is 32.0. The Hall–Kier alpha value is -3.80. The summed E-state index contributed by atoms with van der Waals surface area (Å²) in [6, 6.07) is 7.04. The van der Waals surface area contributed by atoms with Crippen LogP contribution in [0.2, 0.25) is 0 Å². The molecule has 9 nitrogen and oxygen atoms in total. The highest BCUT2D eigenvalue weighted by atomic mass is 16.6. The first-order chi connectivity index (χ1) is 21.5. The van der Waals surface area contributed by atoms with E-state index in [0.717, 1.165) is 38.5 Å². The van der Waals surface area contributed by atoms with Crippen LogP contribution in [0.4, 0.5) is 4.79 Å². The molecule has 3 saturated carbocycles. The SMILES string of the molecule is COc1ccc(/C=C(\C#N)C(=O)NCCNC(=O)O[C@H]2CC[C@@]3(C)C(=CC[C@H]4[C@@H]5CC[C@H](C(C)=O)[C@@]5(C)CC[C@@H]43)C2)cc1OC. The van der Waals surface area contributed by atoms with Crippen molar-refractivity contribution in [2.45, 2.75) is 78.2 Å². The average molecular weight is 618 g/mol. The monoisotopic (exact) mass is 617 g/mol. The molecular formula is C36H47N3O6. The largest absolute Gasteiger partial charge is 0.493 e. The second-order valence-corrected chi connectivity index (χ2v) is 13.8. The first kappa shape index (κ1) is 32.6. The topological polar surface area (TPSA) is 127 Å². The van der Waals surface area contributed by atoms with E-state index in [4.69, 9.17) is 14.2 Å². The molecule has 0 aromatic heterocycles. The summed E-state index contributed by atoms with van der Waals surface area (Å²) in [6.07, 6.45) is 11.4. The summed E-state index contributed by atoms with van der Waals surface area (Å²) in [5.41, 5.74) is 2.25. The quantitative estimate of drug-likeness (QED) is 0.151. The summed E-state index contributed by atoms with van der Waals surface area (Å²) in [7, 11) is 3.05. The molecule has 0 radical (unpaired) electrons. The van der Waals surface area contributed by atoms with Crippen molar-refractivity contribution in [3.05, 3.63) is 41.0 Å². The molecule has 7 atom stereocenters. The summed E-state index contributed by atoms with van der Waals surface area (Å²) < 4.78 is 16.3. The number of ketones is 1. The number of methoxy groups -OCH3 is 2. The third-order valence-electron chi connectivity index (χ3n) is 11.6. The Bertz CT molecular complexity index is 1430. The van der Waals surface area contributed by atoms with Gasteiger partial charge >= 0.3 is 6.09 Å². The number of nitrogens with one attached hydrogen (secondary N) is 2. The minimum Gasteiger partial charge on any atom is -0.493 e. The maximum Gasteiger partial charge on any atom is 0.407 e. The van der Waals surface area contributed by atoms with Gasteiger partial charge in [-0.3, -0.25) is 9.59 Å². The predicted molar refractivity (Wildman–Crippen MR) is 170 cm³/mol. The third kappa shape index (κ3) is 6.34. The lowest BCUT2D eigenvalue weighted by Gasteiger charge is -2.58. The number of benzene rings is 1. The second-order valence-electron chi connectivity index (χ2n) is 13.8. The molecule has 1 aromatic carbocycles. The number of rotatable bonds is 9. The van der Waals surface area contributed by atoms with Crippen molar-refractivity contribution in [3.8, 4) is 17.6 Å². The van der Waals surface area contributed by atoms with Crippen LogP contribution in [0.25, 0.3) is 6.08 Å². The number of nitriles is 1. The van der Waals surface area contributed by atoms with Crippen LogP contribution in [-0.4, -0.2) is 51.2 Å². The number of ether oxygens (including phenoxy) is 3. The molecule has 0 heterocycles. The van der Waals surface area contributed by atoms with E-state index in [2.05, 4.69) is 30.6 Å². The zero-order valence-corrected chi connectivity index (χ0v) is 27.2. The summed E-state index contributed by atoms with van der Waals surface area (Å²) in [6.45, 7) is 6.91. The van der Waals surface area contributed by atoms with E-state index >= 15 is 0 Å². The average Bonchev–Trinajstić information content (AvgIpc) is 3.39. The number of amides is 2. The minimum absolute atomic E-state index is 0.0627. The van der Waals surface area contributed by atoms with E-state index in [-0.39, 0.29) is 41.5 Å². The number of hydrogen-bond acceptors (Lipinski definition) is 7. The van der Waals surface area contributed by atoms with E-state index in [0.29, 0.717) is 40.6 Å². The lowest BCUT2D eigenvalue weighted by molar-refractivity contribution is -0.127. The molecule has 45 heavy (non-hydrogen) atoms. The molecule has 0 bridgehead atoms. The van der Waals surface area contributed by atoms with Gasteiger partial charge in [-0.15, -0.1) is 0 Å². The summed E-state index contributed by atoms with van der Waals surface area (Å²) >= 11 is 0. The van der Waals surface area contributed by atoms with Gasteiger partial charge in [-0.2, -0.15) is 5.26 Å². The number of carbonyl (C=O) groups is 3. The van der Waals surface area contributed by atoms with Crippen molar-refractivity contribution in [2.24, 2.45) is 34.5 Å². The van der Waals surface area contributed by atoms with Crippen LogP contribution in [0.3, 0.4) is 0 Å². The fourth-order valence-corrected chi connectivity index (χ4v) is 9.28. The molecule has 4 aliphatic carbocycles. The Morgan fingerprint density at radius 3 is 2.47 bits per heavy atom. The van der Waals surface area contributed by atoms with Gasteiger partial charge < -0.3 is 24.8 Å². The van der Waals surface area contributed by atoms with Crippen LogP contribution in [0.15, 0.2) is 35.4 Å². The molecule has 4 aliphatic rings. The minimum atomic E-state index is -0.533. The van der Waals surface area contributed by atoms with Crippen LogP contribution in [0.5, 0.6) is 11.5 Å². The Morgan fingerprint density at radius 1 is 1.00 bits per heavy atom. The third-order valence-corrected chi connectivity index (χ3v) is 11.6. The first-order valence-corrected chi connectivity index (χ1v) is 16.3. The first-order valence-electron chi connectivity index (χ1n) is 16.3. The van der Waals surface area contributed by atoms with Crippen molar-refractivity contribution in [2.75, 3.05) is 27.3 Å². The fourth-order valence-electron chi connectivity index (χ4n) is 9.28. The lowest BCUT2D eigenvalue weighted by Crippen LogP contribution is -2.51.